The number of rotatable bonds is 1. The van der Waals surface area contributed by atoms with Crippen LogP contribution >= 0.6 is 0 Å². The van der Waals surface area contributed by atoms with E-state index in [1.165, 1.54) is 0 Å². The van der Waals surface area contributed by atoms with Gasteiger partial charge in [0.2, 0.25) is 0 Å². The summed E-state index contributed by atoms with van der Waals surface area (Å²) < 4.78 is 0. The van der Waals surface area contributed by atoms with Gasteiger partial charge >= 0.3 is 19.5 Å². The second-order valence-electron chi connectivity index (χ2n) is 1.43. The molecule has 0 N–H and O–H groups in total. The topological polar surface area (TPSA) is 17.1 Å². The minimum absolute atomic E-state index is 0. The van der Waals surface area contributed by atoms with Gasteiger partial charge in [0.25, 0.3) is 0 Å². The maximum atomic E-state index is 9.77. The van der Waals surface area contributed by atoms with Crippen LogP contribution in [0.3, 0.4) is 0 Å². The Hall–Kier alpha value is -0.227. The van der Waals surface area contributed by atoms with Crippen molar-refractivity contribution in [3.8, 4) is 0 Å². The van der Waals surface area contributed by atoms with E-state index in [-0.39, 0.29) is 19.5 Å². The Morgan fingerprint density at radius 2 is 2.38 bits per heavy atom. The Balaban J connectivity index is 0.000000490. The number of hydrogen-bond donors (Lipinski definition) is 0. The summed E-state index contributed by atoms with van der Waals surface area (Å²) in [7, 11) is 0. The molecular formula is C6H7ORu-. The molecule has 0 spiro atoms. The molecule has 1 aliphatic carbocycles. The van der Waals surface area contributed by atoms with Crippen LogP contribution in [0.15, 0.2) is 23.8 Å². The molecule has 0 saturated heterocycles. The summed E-state index contributed by atoms with van der Waals surface area (Å²) >= 11 is 0. The summed E-state index contributed by atoms with van der Waals surface area (Å²) in [5, 5.41) is 0. The molecule has 46 valence electrons. The van der Waals surface area contributed by atoms with Crippen LogP contribution in [0.25, 0.3) is 0 Å². The Morgan fingerprint density at radius 3 is 2.62 bits per heavy atom. The van der Waals surface area contributed by atoms with Crippen molar-refractivity contribution >= 4 is 6.29 Å². The fraction of sp³-hybridized carbons (Fsp3) is 0.167. The van der Waals surface area contributed by atoms with E-state index in [4.69, 9.17) is 0 Å². The van der Waals surface area contributed by atoms with Crippen molar-refractivity contribution < 1.29 is 24.3 Å². The molecule has 1 aliphatic rings. The third kappa shape index (κ3) is 1.71. The molecule has 1 nitrogen and oxygen atoms in total. The van der Waals surface area contributed by atoms with Crippen molar-refractivity contribution in [3.63, 3.8) is 0 Å². The fourth-order valence-corrected chi connectivity index (χ4v) is 0.523. The number of carbonyl (C=O) groups excluding carboxylic acids is 1. The van der Waals surface area contributed by atoms with E-state index in [9.17, 15) is 4.79 Å². The first kappa shape index (κ1) is 7.77. The zero-order valence-electron chi connectivity index (χ0n) is 4.26. The standard InChI is InChI=1S/C6H5O.Ru.2H/c7-5-6-3-1-2-4-6;;;/h1-3H,4H2;;;/q-1;;;. The van der Waals surface area contributed by atoms with Crippen LogP contribution in [0.4, 0.5) is 0 Å². The Morgan fingerprint density at radius 1 is 1.62 bits per heavy atom. The maximum absolute atomic E-state index is 9.77. The van der Waals surface area contributed by atoms with E-state index < -0.39 is 0 Å². The summed E-state index contributed by atoms with van der Waals surface area (Å²) in [4.78, 5) is 9.77. The summed E-state index contributed by atoms with van der Waals surface area (Å²) in [6, 6.07) is 0. The fourth-order valence-electron chi connectivity index (χ4n) is 0.523. The van der Waals surface area contributed by atoms with E-state index in [1.807, 2.05) is 18.4 Å². The summed E-state index contributed by atoms with van der Waals surface area (Å²) in [6.07, 6.45) is 8.14. The molecule has 0 fully saturated rings. The molecule has 0 aliphatic heterocycles. The van der Waals surface area contributed by atoms with Crippen molar-refractivity contribution in [2.75, 3.05) is 0 Å². The van der Waals surface area contributed by atoms with Crippen molar-refractivity contribution in [3.05, 3.63) is 23.8 Å². The quantitative estimate of drug-likeness (QED) is 0.439. The molecule has 2 heteroatoms. The van der Waals surface area contributed by atoms with Gasteiger partial charge in [-0.05, 0) is 12.7 Å². The van der Waals surface area contributed by atoms with Crippen LogP contribution in [0.2, 0.25) is 0 Å². The van der Waals surface area contributed by atoms with E-state index in [2.05, 4.69) is 0 Å². The van der Waals surface area contributed by atoms with Crippen LogP contribution in [0, 0.1) is 0 Å². The van der Waals surface area contributed by atoms with Crippen LogP contribution in [-0.2, 0) is 24.3 Å². The molecule has 1 rings (SSSR count). The van der Waals surface area contributed by atoms with Crippen molar-refractivity contribution in [1.82, 2.24) is 0 Å². The molecule has 8 heavy (non-hydrogen) atoms. The Kier molecular flexibility index (Phi) is 3.63. The van der Waals surface area contributed by atoms with Gasteiger partial charge in [-0.2, -0.15) is 5.57 Å². The summed E-state index contributed by atoms with van der Waals surface area (Å²) in [5.74, 6) is 0. The predicted molar refractivity (Wildman–Crippen MR) is 30.3 cm³/mol. The van der Waals surface area contributed by atoms with Gasteiger partial charge in [0.05, 0.1) is 0 Å². The molecule has 0 aromatic carbocycles. The van der Waals surface area contributed by atoms with Gasteiger partial charge in [-0.15, -0.1) is 12.2 Å². The molecule has 0 bridgehead atoms. The van der Waals surface area contributed by atoms with Gasteiger partial charge in [0.15, 0.2) is 0 Å². The average Bonchev–Trinajstić information content (AvgIpc) is 2.14. The van der Waals surface area contributed by atoms with Gasteiger partial charge in [0.1, 0.15) is 0 Å². The molecule has 0 aromatic heterocycles. The number of allylic oxidation sites excluding steroid dienone is 4. The molecule has 0 saturated carbocycles. The van der Waals surface area contributed by atoms with Gasteiger partial charge in [-0.3, -0.25) is 0 Å². The van der Waals surface area contributed by atoms with Gasteiger partial charge in [-0.25, -0.2) is 6.08 Å². The van der Waals surface area contributed by atoms with E-state index in [0.717, 1.165) is 12.0 Å². The van der Waals surface area contributed by atoms with Gasteiger partial charge in [0, 0.05) is 0 Å². The number of hydrogen-bond acceptors (Lipinski definition) is 1. The monoisotopic (exact) mass is 197 g/mol. The minimum atomic E-state index is 0. The first-order valence-corrected chi connectivity index (χ1v) is 2.17. The van der Waals surface area contributed by atoms with Crippen LogP contribution in [0.5, 0.6) is 0 Å². The van der Waals surface area contributed by atoms with Crippen LogP contribution in [0.1, 0.15) is 6.42 Å². The molecule has 0 heterocycles. The zero-order valence-corrected chi connectivity index (χ0v) is 6.26. The Bertz CT molecular complexity index is 135. The second-order valence-corrected chi connectivity index (χ2v) is 1.43. The molecule has 0 aromatic rings. The SMILES string of the molecule is O=[C-]C1=CC=CC1.[RuH2]. The normalized spacial score (nSPS) is 14.8. The van der Waals surface area contributed by atoms with Crippen molar-refractivity contribution in [2.45, 2.75) is 6.42 Å². The molecule has 0 atom stereocenters. The second kappa shape index (κ2) is 3.74. The van der Waals surface area contributed by atoms with Crippen LogP contribution in [-0.4, -0.2) is 6.29 Å². The van der Waals surface area contributed by atoms with E-state index in [1.54, 1.807) is 6.08 Å². The molecule has 0 amide bonds. The molecule has 0 unspecified atom stereocenters. The van der Waals surface area contributed by atoms with Gasteiger partial charge in [-0.1, -0.05) is 0 Å². The van der Waals surface area contributed by atoms with E-state index in [0.29, 0.717) is 0 Å². The van der Waals surface area contributed by atoms with Crippen LogP contribution < -0.4 is 0 Å². The Labute approximate surface area is 61.2 Å². The van der Waals surface area contributed by atoms with E-state index >= 15 is 0 Å². The first-order chi connectivity index (χ1) is 3.43. The van der Waals surface area contributed by atoms with Gasteiger partial charge < -0.3 is 4.79 Å². The molecular weight excluding hydrogens is 189 g/mol. The van der Waals surface area contributed by atoms with Crippen molar-refractivity contribution in [2.24, 2.45) is 0 Å². The average molecular weight is 196 g/mol. The third-order valence-corrected chi connectivity index (χ3v) is 0.902. The van der Waals surface area contributed by atoms with Crippen molar-refractivity contribution in [1.29, 1.82) is 0 Å². The molecule has 0 radical (unpaired) electrons. The third-order valence-electron chi connectivity index (χ3n) is 0.902. The summed E-state index contributed by atoms with van der Waals surface area (Å²) in [6.45, 7) is 0. The zero-order chi connectivity index (χ0) is 5.11. The predicted octanol–water partition coefficient (Wildman–Crippen LogP) is 0.444. The first-order valence-electron chi connectivity index (χ1n) is 2.17. The summed E-state index contributed by atoms with van der Waals surface area (Å²) in [5.41, 5.74) is 0.750.